The number of carbonyl (C=O) groups is 2. The molecule has 1 atom stereocenters. The molecule has 0 radical (unpaired) electrons. The Bertz CT molecular complexity index is 1260. The number of anilines is 2. The summed E-state index contributed by atoms with van der Waals surface area (Å²) >= 11 is 0. The van der Waals surface area contributed by atoms with Crippen molar-refractivity contribution < 1.29 is 22.4 Å². The van der Waals surface area contributed by atoms with Gasteiger partial charge >= 0.3 is 0 Å². The first-order chi connectivity index (χ1) is 15.1. The van der Waals surface area contributed by atoms with Crippen LogP contribution in [0.15, 0.2) is 47.4 Å². The van der Waals surface area contributed by atoms with Crippen LogP contribution in [0.1, 0.15) is 19.7 Å². The summed E-state index contributed by atoms with van der Waals surface area (Å²) in [6.07, 6.45) is 0. The Morgan fingerprint density at radius 3 is 2.31 bits per heavy atom. The number of hydrogen-bond donors (Lipinski definition) is 3. The smallest absolute Gasteiger partial charge is 0.242 e. The van der Waals surface area contributed by atoms with E-state index in [-0.39, 0.29) is 22.2 Å². The lowest BCUT2D eigenvalue weighted by molar-refractivity contribution is -0.117. The number of halogens is 1. The third kappa shape index (κ3) is 5.31. The molecule has 2 amide bonds. The summed E-state index contributed by atoms with van der Waals surface area (Å²) in [6, 6.07) is 8.13. The van der Waals surface area contributed by atoms with E-state index in [1.165, 1.54) is 54.9 Å². The minimum atomic E-state index is -4.01. The molecule has 0 aliphatic rings. The quantitative estimate of drug-likeness (QED) is 0.481. The first-order valence-electron chi connectivity index (χ1n) is 9.32. The van der Waals surface area contributed by atoms with Gasteiger partial charge in [-0.2, -0.15) is 9.40 Å². The number of amides is 2. The molecule has 11 nitrogen and oxygen atoms in total. The van der Waals surface area contributed by atoms with Crippen LogP contribution in [-0.4, -0.2) is 46.5 Å². The van der Waals surface area contributed by atoms with E-state index in [0.717, 1.165) is 6.07 Å². The molecule has 0 bridgehead atoms. The average molecular weight is 461 g/mol. The molecule has 1 aromatic heterocycles. The zero-order valence-electron chi connectivity index (χ0n) is 17.3. The van der Waals surface area contributed by atoms with Crippen molar-refractivity contribution in [3.05, 3.63) is 54.1 Å². The zero-order valence-corrected chi connectivity index (χ0v) is 18.1. The Labute approximate surface area is 183 Å². The summed E-state index contributed by atoms with van der Waals surface area (Å²) in [7, 11) is -4.01. The Morgan fingerprint density at radius 1 is 1.06 bits per heavy atom. The Morgan fingerprint density at radius 2 is 1.72 bits per heavy atom. The Kier molecular flexibility index (Phi) is 6.60. The SMILES string of the molecule is CC(=O)Nc1ccc(S(=O)(=O)N[C@@H](C)C(=O)Nc2ccc(F)c(-n3nnnc3C)c2)cc1. The molecule has 1 heterocycles. The van der Waals surface area contributed by atoms with E-state index in [1.54, 1.807) is 6.92 Å². The van der Waals surface area contributed by atoms with Crippen LogP contribution in [0.2, 0.25) is 0 Å². The van der Waals surface area contributed by atoms with Gasteiger partial charge < -0.3 is 10.6 Å². The van der Waals surface area contributed by atoms with Gasteiger partial charge in [-0.15, -0.1) is 5.10 Å². The Hall–Kier alpha value is -3.71. The summed E-state index contributed by atoms with van der Waals surface area (Å²) in [5, 5.41) is 15.9. The van der Waals surface area contributed by atoms with Gasteiger partial charge in [0.1, 0.15) is 11.5 Å². The van der Waals surface area contributed by atoms with Crippen molar-refractivity contribution in [2.45, 2.75) is 31.7 Å². The van der Waals surface area contributed by atoms with Crippen LogP contribution < -0.4 is 15.4 Å². The van der Waals surface area contributed by atoms with Crippen LogP contribution in [-0.2, 0) is 19.6 Å². The van der Waals surface area contributed by atoms with Crippen molar-refractivity contribution in [2.24, 2.45) is 0 Å². The third-order valence-electron chi connectivity index (χ3n) is 4.28. The number of tetrazole rings is 1. The van der Waals surface area contributed by atoms with Crippen LogP contribution in [0.25, 0.3) is 5.69 Å². The van der Waals surface area contributed by atoms with Crippen molar-refractivity contribution in [2.75, 3.05) is 10.6 Å². The number of benzene rings is 2. The largest absolute Gasteiger partial charge is 0.326 e. The molecular weight excluding hydrogens is 441 g/mol. The zero-order chi connectivity index (χ0) is 23.5. The fraction of sp³-hybridized carbons (Fsp3) is 0.211. The highest BCUT2D eigenvalue weighted by Gasteiger charge is 2.22. The molecule has 2 aromatic carbocycles. The van der Waals surface area contributed by atoms with Gasteiger partial charge in [-0.05, 0) is 66.7 Å². The van der Waals surface area contributed by atoms with E-state index in [0.29, 0.717) is 11.5 Å². The molecule has 0 saturated heterocycles. The number of carbonyl (C=O) groups excluding carboxylic acids is 2. The fourth-order valence-corrected chi connectivity index (χ4v) is 3.94. The number of nitrogens with one attached hydrogen (secondary N) is 3. The molecule has 32 heavy (non-hydrogen) atoms. The molecule has 3 N–H and O–H groups in total. The van der Waals surface area contributed by atoms with Gasteiger partial charge in [0.15, 0.2) is 5.82 Å². The molecule has 0 fully saturated rings. The second-order valence-electron chi connectivity index (χ2n) is 6.84. The molecule has 3 aromatic rings. The summed E-state index contributed by atoms with van der Waals surface area (Å²) < 4.78 is 42.8. The monoisotopic (exact) mass is 461 g/mol. The standard InChI is InChI=1S/C19H20FN7O4S/c1-11(24-32(30,31)16-7-4-14(5-8-16)21-13(3)28)19(29)22-15-6-9-17(20)18(10-15)27-12(2)23-25-26-27/h4-11,24H,1-3H3,(H,21,28)(H,22,29)/t11-/m0/s1. The molecule has 13 heteroatoms. The van der Waals surface area contributed by atoms with Crippen molar-refractivity contribution in [3.63, 3.8) is 0 Å². The van der Waals surface area contributed by atoms with Gasteiger partial charge in [0.2, 0.25) is 21.8 Å². The predicted molar refractivity (Wildman–Crippen MR) is 113 cm³/mol. The van der Waals surface area contributed by atoms with Crippen molar-refractivity contribution in [1.29, 1.82) is 0 Å². The van der Waals surface area contributed by atoms with Gasteiger partial charge in [0, 0.05) is 18.3 Å². The maximum Gasteiger partial charge on any atom is 0.242 e. The van der Waals surface area contributed by atoms with Gasteiger partial charge in [-0.1, -0.05) is 0 Å². The van der Waals surface area contributed by atoms with Gasteiger partial charge in [0.25, 0.3) is 0 Å². The number of nitrogens with zero attached hydrogens (tertiary/aromatic N) is 4. The number of aromatic nitrogens is 4. The minimum absolute atomic E-state index is 0.0257. The first-order valence-corrected chi connectivity index (χ1v) is 10.8. The molecular formula is C19H20FN7O4S. The molecule has 0 unspecified atom stereocenters. The summed E-state index contributed by atoms with van der Waals surface area (Å²) in [6.45, 7) is 4.29. The van der Waals surface area contributed by atoms with Crippen molar-refractivity contribution >= 4 is 33.2 Å². The van der Waals surface area contributed by atoms with Crippen LogP contribution in [0.3, 0.4) is 0 Å². The van der Waals surface area contributed by atoms with Crippen LogP contribution in [0, 0.1) is 12.7 Å². The normalized spacial score (nSPS) is 12.2. The highest BCUT2D eigenvalue weighted by molar-refractivity contribution is 7.89. The second-order valence-corrected chi connectivity index (χ2v) is 8.56. The minimum Gasteiger partial charge on any atom is -0.326 e. The second kappa shape index (κ2) is 9.20. The van der Waals surface area contributed by atoms with Crippen LogP contribution in [0.4, 0.5) is 15.8 Å². The predicted octanol–water partition coefficient (Wildman–Crippen LogP) is 1.37. The number of sulfonamides is 1. The summed E-state index contributed by atoms with van der Waals surface area (Å²) in [5.74, 6) is -1.20. The molecule has 3 rings (SSSR count). The maximum absolute atomic E-state index is 14.2. The van der Waals surface area contributed by atoms with Crippen molar-refractivity contribution in [1.82, 2.24) is 24.9 Å². The molecule has 0 spiro atoms. The maximum atomic E-state index is 14.2. The van der Waals surface area contributed by atoms with E-state index >= 15 is 0 Å². The molecule has 0 aliphatic heterocycles. The van der Waals surface area contributed by atoms with E-state index < -0.39 is 27.8 Å². The number of aryl methyl sites for hydroxylation is 1. The number of rotatable bonds is 7. The van der Waals surface area contributed by atoms with E-state index in [9.17, 15) is 22.4 Å². The van der Waals surface area contributed by atoms with Crippen LogP contribution >= 0.6 is 0 Å². The van der Waals surface area contributed by atoms with Gasteiger partial charge in [-0.3, -0.25) is 9.59 Å². The summed E-state index contributed by atoms with van der Waals surface area (Å²) in [4.78, 5) is 23.5. The molecule has 0 saturated carbocycles. The van der Waals surface area contributed by atoms with Gasteiger partial charge in [0.05, 0.1) is 10.9 Å². The van der Waals surface area contributed by atoms with E-state index in [1.807, 2.05) is 0 Å². The van der Waals surface area contributed by atoms with E-state index in [4.69, 9.17) is 0 Å². The lowest BCUT2D eigenvalue weighted by atomic mass is 10.2. The summed E-state index contributed by atoms with van der Waals surface area (Å²) in [5.41, 5.74) is 0.692. The van der Waals surface area contributed by atoms with E-state index in [2.05, 4.69) is 30.9 Å². The molecule has 168 valence electrons. The highest BCUT2D eigenvalue weighted by atomic mass is 32.2. The first kappa shape index (κ1) is 23.0. The topological polar surface area (TPSA) is 148 Å². The third-order valence-corrected chi connectivity index (χ3v) is 5.83. The fourth-order valence-electron chi connectivity index (χ4n) is 2.73. The highest BCUT2D eigenvalue weighted by Crippen LogP contribution is 2.19. The average Bonchev–Trinajstić information content (AvgIpc) is 3.14. The lowest BCUT2D eigenvalue weighted by Gasteiger charge is -2.15. The lowest BCUT2D eigenvalue weighted by Crippen LogP contribution is -2.41. The van der Waals surface area contributed by atoms with Crippen molar-refractivity contribution in [3.8, 4) is 5.69 Å². The van der Waals surface area contributed by atoms with Gasteiger partial charge in [-0.25, -0.2) is 12.8 Å². The molecule has 0 aliphatic carbocycles. The number of hydrogen-bond acceptors (Lipinski definition) is 7. The van der Waals surface area contributed by atoms with Crippen LogP contribution in [0.5, 0.6) is 0 Å². The Balaban J connectivity index is 1.71.